The molecule has 1 heterocycles. The fraction of sp³-hybridized carbons (Fsp3) is 0.333. The van der Waals surface area contributed by atoms with E-state index in [9.17, 15) is 0 Å². The first-order chi connectivity index (χ1) is 10.3. The average molecular weight is 287 g/mol. The zero-order valence-corrected chi connectivity index (χ0v) is 12.2. The van der Waals surface area contributed by atoms with Gasteiger partial charge in [0, 0.05) is 31.8 Å². The van der Waals surface area contributed by atoms with Crippen LogP contribution in [0.2, 0.25) is 0 Å². The number of hydrogen-bond acceptors (Lipinski definition) is 4. The van der Waals surface area contributed by atoms with Crippen molar-refractivity contribution in [2.24, 2.45) is 10.8 Å². The molecule has 0 atom stereocenters. The minimum atomic E-state index is 0.519. The standard InChI is InChI=1S/C15H21N5O/c1-21-10-4-9-18-15(20-16)19-11-13-6-2-5-12-7-3-8-17-14(12)13/h2-3,5-8H,4,9-11,16H2,1H3,(H2,18,19,20). The second kappa shape index (κ2) is 8.18. The number of aliphatic imine (C=N–C) groups is 1. The number of hydrazine groups is 1. The third-order valence-electron chi connectivity index (χ3n) is 3.08. The van der Waals surface area contributed by atoms with Crippen LogP contribution in [-0.4, -0.2) is 31.2 Å². The minimum absolute atomic E-state index is 0.519. The molecule has 1 aromatic heterocycles. The van der Waals surface area contributed by atoms with Gasteiger partial charge >= 0.3 is 0 Å². The summed E-state index contributed by atoms with van der Waals surface area (Å²) < 4.78 is 4.99. The molecule has 0 bridgehead atoms. The van der Waals surface area contributed by atoms with Crippen LogP contribution in [0.25, 0.3) is 10.9 Å². The van der Waals surface area contributed by atoms with Gasteiger partial charge in [0.2, 0.25) is 5.96 Å². The molecule has 0 aliphatic heterocycles. The first kappa shape index (κ1) is 15.2. The summed E-state index contributed by atoms with van der Waals surface area (Å²) in [6, 6.07) is 10.1. The van der Waals surface area contributed by atoms with E-state index in [0.29, 0.717) is 19.1 Å². The lowest BCUT2D eigenvalue weighted by Crippen LogP contribution is -2.42. The Hall–Kier alpha value is -2.18. The topological polar surface area (TPSA) is 84.6 Å². The summed E-state index contributed by atoms with van der Waals surface area (Å²) in [6.45, 7) is 1.98. The number of pyridine rings is 1. The largest absolute Gasteiger partial charge is 0.385 e. The Morgan fingerprint density at radius 2 is 2.19 bits per heavy atom. The molecule has 0 amide bonds. The molecule has 0 aliphatic rings. The third-order valence-corrected chi connectivity index (χ3v) is 3.08. The van der Waals surface area contributed by atoms with Gasteiger partial charge in [-0.3, -0.25) is 10.4 Å². The van der Waals surface area contributed by atoms with Crippen molar-refractivity contribution in [2.75, 3.05) is 20.3 Å². The molecule has 4 N–H and O–H groups in total. The predicted octanol–water partition coefficient (Wildman–Crippen LogP) is 1.18. The summed E-state index contributed by atoms with van der Waals surface area (Å²) in [4.78, 5) is 8.86. The highest BCUT2D eigenvalue weighted by molar-refractivity contribution is 5.82. The minimum Gasteiger partial charge on any atom is -0.385 e. The number of para-hydroxylation sites is 1. The summed E-state index contributed by atoms with van der Waals surface area (Å²) in [6.07, 6.45) is 2.69. The third kappa shape index (κ3) is 4.40. The van der Waals surface area contributed by atoms with Gasteiger partial charge in [0.25, 0.3) is 0 Å². The van der Waals surface area contributed by atoms with E-state index in [2.05, 4.69) is 20.7 Å². The van der Waals surface area contributed by atoms with Crippen molar-refractivity contribution >= 4 is 16.9 Å². The Kier molecular flexibility index (Phi) is 5.93. The molecule has 0 spiro atoms. The first-order valence-electron chi connectivity index (χ1n) is 6.91. The quantitative estimate of drug-likeness (QED) is 0.244. The number of nitrogens with zero attached hydrogens (tertiary/aromatic N) is 2. The summed E-state index contributed by atoms with van der Waals surface area (Å²) >= 11 is 0. The Balaban J connectivity index is 2.03. The van der Waals surface area contributed by atoms with Gasteiger partial charge in [0.15, 0.2) is 0 Å². The molecular weight excluding hydrogens is 266 g/mol. The molecule has 2 rings (SSSR count). The van der Waals surface area contributed by atoms with E-state index in [-0.39, 0.29) is 0 Å². The summed E-state index contributed by atoms with van der Waals surface area (Å²) in [5, 5.41) is 4.25. The fourth-order valence-electron chi connectivity index (χ4n) is 2.04. The van der Waals surface area contributed by atoms with E-state index in [1.165, 1.54) is 0 Å². The Morgan fingerprint density at radius 3 is 3.00 bits per heavy atom. The highest BCUT2D eigenvalue weighted by Crippen LogP contribution is 2.16. The first-order valence-corrected chi connectivity index (χ1v) is 6.91. The van der Waals surface area contributed by atoms with Gasteiger partial charge in [-0.05, 0) is 18.1 Å². The van der Waals surface area contributed by atoms with Crippen LogP contribution in [0.3, 0.4) is 0 Å². The molecule has 0 radical (unpaired) electrons. The van der Waals surface area contributed by atoms with Crippen LogP contribution in [0.15, 0.2) is 41.5 Å². The van der Waals surface area contributed by atoms with Crippen molar-refractivity contribution < 1.29 is 4.74 Å². The SMILES string of the molecule is COCCCNC(=NCc1cccc2cccnc12)NN. The molecule has 0 fully saturated rings. The Morgan fingerprint density at radius 1 is 1.33 bits per heavy atom. The molecule has 0 aliphatic carbocycles. The van der Waals surface area contributed by atoms with Crippen LogP contribution in [-0.2, 0) is 11.3 Å². The highest BCUT2D eigenvalue weighted by atomic mass is 16.5. The number of hydrogen-bond donors (Lipinski definition) is 3. The maximum Gasteiger partial charge on any atom is 0.206 e. The molecule has 0 saturated heterocycles. The predicted molar refractivity (Wildman–Crippen MR) is 84.7 cm³/mol. The average Bonchev–Trinajstić information content (AvgIpc) is 2.54. The summed E-state index contributed by atoms with van der Waals surface area (Å²) in [5.74, 6) is 6.04. The van der Waals surface area contributed by atoms with Gasteiger partial charge in [-0.2, -0.15) is 0 Å². The number of nitrogens with two attached hydrogens (primary N) is 1. The highest BCUT2D eigenvalue weighted by Gasteiger charge is 2.02. The molecule has 21 heavy (non-hydrogen) atoms. The normalized spacial score (nSPS) is 11.6. The van der Waals surface area contributed by atoms with Crippen molar-refractivity contribution in [2.45, 2.75) is 13.0 Å². The molecule has 112 valence electrons. The van der Waals surface area contributed by atoms with E-state index in [1.54, 1.807) is 13.3 Å². The van der Waals surface area contributed by atoms with Crippen molar-refractivity contribution in [1.82, 2.24) is 15.7 Å². The van der Waals surface area contributed by atoms with Gasteiger partial charge in [-0.25, -0.2) is 10.8 Å². The molecule has 2 aromatic rings. The number of ether oxygens (including phenoxy) is 1. The van der Waals surface area contributed by atoms with Crippen LogP contribution < -0.4 is 16.6 Å². The Bertz CT molecular complexity index is 594. The zero-order valence-electron chi connectivity index (χ0n) is 12.2. The van der Waals surface area contributed by atoms with Crippen LogP contribution in [0.5, 0.6) is 0 Å². The van der Waals surface area contributed by atoms with Gasteiger partial charge in [-0.1, -0.05) is 24.3 Å². The van der Waals surface area contributed by atoms with Crippen molar-refractivity contribution in [3.63, 3.8) is 0 Å². The lowest BCUT2D eigenvalue weighted by molar-refractivity contribution is 0.195. The summed E-state index contributed by atoms with van der Waals surface area (Å²) in [5.41, 5.74) is 4.62. The van der Waals surface area contributed by atoms with E-state index in [1.807, 2.05) is 30.3 Å². The number of methoxy groups -OCH3 is 1. The van der Waals surface area contributed by atoms with Crippen LogP contribution in [0, 0.1) is 0 Å². The van der Waals surface area contributed by atoms with Gasteiger partial charge < -0.3 is 10.1 Å². The van der Waals surface area contributed by atoms with Crippen LogP contribution >= 0.6 is 0 Å². The van der Waals surface area contributed by atoms with Crippen molar-refractivity contribution in [1.29, 1.82) is 0 Å². The van der Waals surface area contributed by atoms with Crippen molar-refractivity contribution in [3.8, 4) is 0 Å². The number of aromatic nitrogens is 1. The molecule has 6 heteroatoms. The van der Waals surface area contributed by atoms with Crippen LogP contribution in [0.4, 0.5) is 0 Å². The number of guanidine groups is 1. The lowest BCUT2D eigenvalue weighted by Gasteiger charge is -2.09. The number of nitrogens with one attached hydrogen (secondary N) is 2. The van der Waals surface area contributed by atoms with Gasteiger partial charge in [0.05, 0.1) is 12.1 Å². The van der Waals surface area contributed by atoms with E-state index in [0.717, 1.165) is 29.4 Å². The van der Waals surface area contributed by atoms with Gasteiger partial charge in [-0.15, -0.1) is 0 Å². The lowest BCUT2D eigenvalue weighted by atomic mass is 10.1. The molecular formula is C15H21N5O. The number of fused-ring (bicyclic) bond motifs is 1. The maximum atomic E-state index is 5.47. The maximum absolute atomic E-state index is 5.47. The second-order valence-electron chi connectivity index (χ2n) is 4.57. The molecule has 1 aromatic carbocycles. The molecule has 0 saturated carbocycles. The van der Waals surface area contributed by atoms with E-state index >= 15 is 0 Å². The van der Waals surface area contributed by atoms with Crippen LogP contribution in [0.1, 0.15) is 12.0 Å². The fourth-order valence-corrected chi connectivity index (χ4v) is 2.04. The second-order valence-corrected chi connectivity index (χ2v) is 4.57. The molecule has 6 nitrogen and oxygen atoms in total. The summed E-state index contributed by atoms with van der Waals surface area (Å²) in [7, 11) is 1.68. The van der Waals surface area contributed by atoms with E-state index in [4.69, 9.17) is 10.6 Å². The molecule has 0 unspecified atom stereocenters. The Labute approximate surface area is 124 Å². The zero-order chi connectivity index (χ0) is 14.9. The van der Waals surface area contributed by atoms with E-state index < -0.39 is 0 Å². The van der Waals surface area contributed by atoms with Gasteiger partial charge in [0.1, 0.15) is 0 Å². The number of rotatable bonds is 6. The monoisotopic (exact) mass is 287 g/mol. The number of benzene rings is 1. The smallest absolute Gasteiger partial charge is 0.206 e. The van der Waals surface area contributed by atoms with Crippen molar-refractivity contribution in [3.05, 3.63) is 42.1 Å².